The first-order valence-electron chi connectivity index (χ1n) is 6.96. The van der Waals surface area contributed by atoms with Gasteiger partial charge in [0.15, 0.2) is 0 Å². The predicted molar refractivity (Wildman–Crippen MR) is 74.7 cm³/mol. The summed E-state index contributed by atoms with van der Waals surface area (Å²) >= 11 is 0. The van der Waals surface area contributed by atoms with Gasteiger partial charge in [0.05, 0.1) is 6.26 Å². The van der Waals surface area contributed by atoms with Crippen molar-refractivity contribution in [2.24, 2.45) is 5.41 Å². The van der Waals surface area contributed by atoms with E-state index in [1.807, 2.05) is 6.07 Å². The molecule has 0 amide bonds. The second-order valence-electron chi connectivity index (χ2n) is 6.50. The van der Waals surface area contributed by atoms with Crippen molar-refractivity contribution in [3.63, 3.8) is 0 Å². The number of furan rings is 1. The van der Waals surface area contributed by atoms with Crippen LogP contribution in [0.2, 0.25) is 0 Å². The first kappa shape index (κ1) is 13.6. The van der Waals surface area contributed by atoms with E-state index in [0.29, 0.717) is 17.5 Å². The largest absolute Gasteiger partial charge is 0.469 e. The standard InChI is InChI=1S/C15H26N2O/c1-12-10-16-14(15(2,3)4)11-17(12)8-7-13-6-5-9-18-13/h5-6,9,12,14,16H,7-8,10-11H2,1-4H3. The summed E-state index contributed by atoms with van der Waals surface area (Å²) in [6, 6.07) is 5.21. The predicted octanol–water partition coefficient (Wildman–Crippen LogP) is 2.53. The molecule has 3 heteroatoms. The van der Waals surface area contributed by atoms with Crippen molar-refractivity contribution in [2.75, 3.05) is 19.6 Å². The molecule has 1 saturated heterocycles. The molecule has 1 aliphatic heterocycles. The van der Waals surface area contributed by atoms with E-state index in [1.165, 1.54) is 0 Å². The Morgan fingerprint density at radius 2 is 2.22 bits per heavy atom. The molecule has 0 aliphatic carbocycles. The maximum Gasteiger partial charge on any atom is 0.105 e. The lowest BCUT2D eigenvalue weighted by Crippen LogP contribution is -2.59. The molecule has 2 unspecified atom stereocenters. The van der Waals surface area contributed by atoms with Gasteiger partial charge in [-0.2, -0.15) is 0 Å². The van der Waals surface area contributed by atoms with Gasteiger partial charge in [-0.25, -0.2) is 0 Å². The fourth-order valence-electron chi connectivity index (χ4n) is 2.52. The number of nitrogens with one attached hydrogen (secondary N) is 1. The zero-order valence-electron chi connectivity index (χ0n) is 12.1. The zero-order chi connectivity index (χ0) is 13.2. The van der Waals surface area contributed by atoms with Crippen molar-refractivity contribution in [3.8, 4) is 0 Å². The molecule has 0 bridgehead atoms. The zero-order valence-corrected chi connectivity index (χ0v) is 12.1. The van der Waals surface area contributed by atoms with Crippen molar-refractivity contribution in [1.82, 2.24) is 10.2 Å². The molecular formula is C15H26N2O. The summed E-state index contributed by atoms with van der Waals surface area (Å²) in [4.78, 5) is 2.58. The number of rotatable bonds is 3. The highest BCUT2D eigenvalue weighted by Gasteiger charge is 2.32. The van der Waals surface area contributed by atoms with Crippen LogP contribution in [0.1, 0.15) is 33.5 Å². The molecule has 1 aromatic rings. The Morgan fingerprint density at radius 3 is 2.83 bits per heavy atom. The lowest BCUT2D eigenvalue weighted by Gasteiger charge is -2.44. The Hall–Kier alpha value is -0.800. The van der Waals surface area contributed by atoms with Gasteiger partial charge in [0.1, 0.15) is 5.76 Å². The van der Waals surface area contributed by atoms with E-state index in [9.17, 15) is 0 Å². The second-order valence-corrected chi connectivity index (χ2v) is 6.50. The molecule has 1 aliphatic rings. The Bertz CT molecular complexity index is 353. The summed E-state index contributed by atoms with van der Waals surface area (Å²) in [5.41, 5.74) is 0.322. The van der Waals surface area contributed by atoms with E-state index in [-0.39, 0.29) is 0 Å². The third-order valence-electron chi connectivity index (χ3n) is 3.97. The number of piperazine rings is 1. The third-order valence-corrected chi connectivity index (χ3v) is 3.97. The molecule has 0 spiro atoms. The molecule has 2 heterocycles. The smallest absolute Gasteiger partial charge is 0.105 e. The third kappa shape index (κ3) is 3.36. The van der Waals surface area contributed by atoms with Gasteiger partial charge < -0.3 is 9.73 Å². The van der Waals surface area contributed by atoms with Crippen LogP contribution in [-0.2, 0) is 6.42 Å². The second kappa shape index (κ2) is 5.45. The molecule has 0 saturated carbocycles. The number of nitrogens with zero attached hydrogens (tertiary/aromatic N) is 1. The van der Waals surface area contributed by atoms with Crippen LogP contribution >= 0.6 is 0 Å². The first-order valence-corrected chi connectivity index (χ1v) is 6.96. The molecule has 2 rings (SSSR count). The van der Waals surface area contributed by atoms with Gasteiger partial charge in [0.2, 0.25) is 0 Å². The van der Waals surface area contributed by atoms with Gasteiger partial charge in [0.25, 0.3) is 0 Å². The van der Waals surface area contributed by atoms with Crippen molar-refractivity contribution < 1.29 is 4.42 Å². The molecule has 0 aromatic carbocycles. The van der Waals surface area contributed by atoms with E-state index >= 15 is 0 Å². The van der Waals surface area contributed by atoms with Crippen molar-refractivity contribution in [2.45, 2.75) is 46.2 Å². The summed E-state index contributed by atoms with van der Waals surface area (Å²) in [6.45, 7) is 12.5. The minimum absolute atomic E-state index is 0.322. The molecular weight excluding hydrogens is 224 g/mol. The molecule has 1 aromatic heterocycles. The summed E-state index contributed by atoms with van der Waals surface area (Å²) in [5.74, 6) is 1.09. The van der Waals surface area contributed by atoms with Gasteiger partial charge in [-0.1, -0.05) is 20.8 Å². The SMILES string of the molecule is CC1CNC(C(C)(C)C)CN1CCc1ccco1. The van der Waals surface area contributed by atoms with Crippen LogP contribution in [0.25, 0.3) is 0 Å². The fraction of sp³-hybridized carbons (Fsp3) is 0.733. The van der Waals surface area contributed by atoms with E-state index < -0.39 is 0 Å². The van der Waals surface area contributed by atoms with E-state index in [1.54, 1.807) is 6.26 Å². The lowest BCUT2D eigenvalue weighted by molar-refractivity contribution is 0.0936. The maximum absolute atomic E-state index is 5.41. The summed E-state index contributed by atoms with van der Waals surface area (Å²) in [7, 11) is 0. The molecule has 0 radical (unpaired) electrons. The lowest BCUT2D eigenvalue weighted by atomic mass is 9.85. The van der Waals surface area contributed by atoms with Crippen molar-refractivity contribution >= 4 is 0 Å². The highest BCUT2D eigenvalue weighted by molar-refractivity contribution is 4.99. The minimum atomic E-state index is 0.322. The molecule has 1 N–H and O–H groups in total. The minimum Gasteiger partial charge on any atom is -0.469 e. The van der Waals surface area contributed by atoms with Crippen LogP contribution in [0.4, 0.5) is 0 Å². The van der Waals surface area contributed by atoms with Crippen LogP contribution in [0.5, 0.6) is 0 Å². The van der Waals surface area contributed by atoms with E-state index in [4.69, 9.17) is 4.42 Å². The van der Waals surface area contributed by atoms with E-state index in [0.717, 1.165) is 31.8 Å². The normalized spacial score (nSPS) is 26.4. The van der Waals surface area contributed by atoms with Gasteiger partial charge in [-0.15, -0.1) is 0 Å². The van der Waals surface area contributed by atoms with Crippen LogP contribution in [0, 0.1) is 5.41 Å². The number of hydrogen-bond donors (Lipinski definition) is 1. The van der Waals surface area contributed by atoms with E-state index in [2.05, 4.69) is 44.0 Å². The Labute approximate surface area is 111 Å². The van der Waals surface area contributed by atoms with Gasteiger partial charge in [-0.05, 0) is 24.5 Å². The number of hydrogen-bond acceptors (Lipinski definition) is 3. The van der Waals surface area contributed by atoms with Crippen LogP contribution in [0.3, 0.4) is 0 Å². The summed E-state index contributed by atoms with van der Waals surface area (Å²) < 4.78 is 5.41. The average Bonchev–Trinajstić information content (AvgIpc) is 2.79. The highest BCUT2D eigenvalue weighted by Crippen LogP contribution is 2.23. The van der Waals surface area contributed by atoms with Crippen LogP contribution in [0.15, 0.2) is 22.8 Å². The maximum atomic E-state index is 5.41. The monoisotopic (exact) mass is 250 g/mol. The Balaban J connectivity index is 1.89. The van der Waals surface area contributed by atoms with Crippen molar-refractivity contribution in [1.29, 1.82) is 0 Å². The van der Waals surface area contributed by atoms with Gasteiger partial charge in [-0.3, -0.25) is 4.90 Å². The Morgan fingerprint density at radius 1 is 1.44 bits per heavy atom. The topological polar surface area (TPSA) is 28.4 Å². The molecule has 1 fully saturated rings. The highest BCUT2D eigenvalue weighted by atomic mass is 16.3. The molecule has 102 valence electrons. The molecule has 18 heavy (non-hydrogen) atoms. The van der Waals surface area contributed by atoms with Crippen molar-refractivity contribution in [3.05, 3.63) is 24.2 Å². The summed E-state index contributed by atoms with van der Waals surface area (Å²) in [5, 5.41) is 3.67. The molecule has 3 nitrogen and oxygen atoms in total. The van der Waals surface area contributed by atoms with Gasteiger partial charge in [0, 0.05) is 38.1 Å². The first-order chi connectivity index (χ1) is 8.47. The quantitative estimate of drug-likeness (QED) is 0.893. The summed E-state index contributed by atoms with van der Waals surface area (Å²) in [6.07, 6.45) is 2.77. The van der Waals surface area contributed by atoms with Gasteiger partial charge >= 0.3 is 0 Å². The Kier molecular flexibility index (Phi) is 4.13. The fourth-order valence-corrected chi connectivity index (χ4v) is 2.52. The molecule has 2 atom stereocenters. The average molecular weight is 250 g/mol. The van der Waals surface area contributed by atoms with Crippen LogP contribution in [-0.4, -0.2) is 36.6 Å². The van der Waals surface area contributed by atoms with Crippen LogP contribution < -0.4 is 5.32 Å².